The number of methoxy groups -OCH3 is 1. The van der Waals surface area contributed by atoms with E-state index in [-0.39, 0.29) is 6.10 Å². The first-order chi connectivity index (χ1) is 4.31. The first-order valence-corrected chi connectivity index (χ1v) is 3.19. The van der Waals surface area contributed by atoms with E-state index in [1.807, 2.05) is 20.3 Å². The van der Waals surface area contributed by atoms with Crippen molar-refractivity contribution in [3.63, 3.8) is 0 Å². The highest BCUT2D eigenvalue weighted by Crippen LogP contribution is 1.90. The Kier molecular flexibility index (Phi) is 5.99. The van der Waals surface area contributed by atoms with Gasteiger partial charge in [0.25, 0.3) is 0 Å². The summed E-state index contributed by atoms with van der Waals surface area (Å²) in [6.07, 6.45) is 2.19. The Hall–Kier alpha value is -0.0800. The van der Waals surface area contributed by atoms with Crippen LogP contribution < -0.4 is 0 Å². The Labute approximate surface area is 57.2 Å². The van der Waals surface area contributed by atoms with Crippen LogP contribution in [0.15, 0.2) is 0 Å². The lowest BCUT2D eigenvalue weighted by Crippen LogP contribution is -2.15. The predicted octanol–water partition coefficient (Wildman–Crippen LogP) is 1.26. The van der Waals surface area contributed by atoms with Crippen LogP contribution in [0.2, 0.25) is 0 Å². The van der Waals surface area contributed by atoms with Crippen molar-refractivity contribution in [2.24, 2.45) is 0 Å². The van der Waals surface area contributed by atoms with Crippen LogP contribution in [0.3, 0.4) is 0 Å². The van der Waals surface area contributed by atoms with Crippen LogP contribution in [-0.4, -0.2) is 26.4 Å². The van der Waals surface area contributed by atoms with Gasteiger partial charge < -0.3 is 9.47 Å². The van der Waals surface area contributed by atoms with Crippen LogP contribution in [0, 0.1) is 6.42 Å². The van der Waals surface area contributed by atoms with Gasteiger partial charge in [-0.25, -0.2) is 0 Å². The van der Waals surface area contributed by atoms with Crippen LogP contribution in [0.25, 0.3) is 0 Å². The number of ether oxygens (including phenoxy) is 2. The van der Waals surface area contributed by atoms with Crippen molar-refractivity contribution in [2.75, 3.05) is 20.3 Å². The van der Waals surface area contributed by atoms with Crippen molar-refractivity contribution in [1.29, 1.82) is 0 Å². The molecular weight excluding hydrogens is 116 g/mol. The Morgan fingerprint density at radius 3 is 2.67 bits per heavy atom. The van der Waals surface area contributed by atoms with Gasteiger partial charge >= 0.3 is 0 Å². The molecule has 0 amide bonds. The van der Waals surface area contributed by atoms with Crippen molar-refractivity contribution in [3.8, 4) is 0 Å². The molecule has 0 aliphatic carbocycles. The van der Waals surface area contributed by atoms with Gasteiger partial charge in [0.2, 0.25) is 0 Å². The quantitative estimate of drug-likeness (QED) is 0.559. The molecule has 1 atom stereocenters. The maximum Gasteiger partial charge on any atom is 0.0780 e. The van der Waals surface area contributed by atoms with Crippen LogP contribution in [0.4, 0.5) is 0 Å². The minimum absolute atomic E-state index is 0.214. The second-order valence-electron chi connectivity index (χ2n) is 2.01. The Morgan fingerprint density at radius 1 is 1.56 bits per heavy atom. The van der Waals surface area contributed by atoms with Gasteiger partial charge in [-0.05, 0) is 13.3 Å². The standard InChI is InChI=1S/C7H15O2/c1-4-5-9-7(2)6-8-3/h4,7H,5-6H2,1-3H3. The summed E-state index contributed by atoms with van der Waals surface area (Å²) in [4.78, 5) is 0. The number of hydrogen-bond acceptors (Lipinski definition) is 2. The van der Waals surface area contributed by atoms with E-state index >= 15 is 0 Å². The maximum atomic E-state index is 5.25. The fourth-order valence-corrected chi connectivity index (χ4v) is 0.543. The fraction of sp³-hybridized carbons (Fsp3) is 0.857. The van der Waals surface area contributed by atoms with Crippen LogP contribution in [0.1, 0.15) is 13.8 Å². The molecule has 0 aliphatic rings. The van der Waals surface area contributed by atoms with E-state index in [0.29, 0.717) is 13.2 Å². The highest BCUT2D eigenvalue weighted by atomic mass is 16.5. The zero-order chi connectivity index (χ0) is 7.11. The van der Waals surface area contributed by atoms with Gasteiger partial charge in [-0.3, -0.25) is 0 Å². The zero-order valence-electron chi connectivity index (χ0n) is 6.39. The molecule has 9 heavy (non-hydrogen) atoms. The fourth-order valence-electron chi connectivity index (χ4n) is 0.543. The molecule has 0 saturated heterocycles. The summed E-state index contributed by atoms with van der Waals surface area (Å²) < 4.78 is 10.1. The van der Waals surface area contributed by atoms with Gasteiger partial charge in [0.1, 0.15) is 0 Å². The van der Waals surface area contributed by atoms with Crippen LogP contribution >= 0.6 is 0 Å². The van der Waals surface area contributed by atoms with Crippen molar-refractivity contribution in [1.82, 2.24) is 0 Å². The molecule has 0 aromatic rings. The molecule has 0 rings (SSSR count). The average Bonchev–Trinajstić information content (AvgIpc) is 1.85. The maximum absolute atomic E-state index is 5.25. The van der Waals surface area contributed by atoms with Crippen molar-refractivity contribution in [3.05, 3.63) is 6.42 Å². The van der Waals surface area contributed by atoms with Gasteiger partial charge in [0.15, 0.2) is 0 Å². The van der Waals surface area contributed by atoms with Crippen molar-refractivity contribution in [2.45, 2.75) is 20.0 Å². The Bertz CT molecular complexity index is 54.9. The monoisotopic (exact) mass is 131 g/mol. The number of hydrogen-bond donors (Lipinski definition) is 0. The summed E-state index contributed by atoms with van der Waals surface area (Å²) in [6, 6.07) is 0. The molecule has 0 saturated carbocycles. The van der Waals surface area contributed by atoms with E-state index in [2.05, 4.69) is 0 Å². The van der Waals surface area contributed by atoms with Gasteiger partial charge in [-0.2, -0.15) is 0 Å². The molecule has 0 spiro atoms. The van der Waals surface area contributed by atoms with E-state index < -0.39 is 0 Å². The third-order valence-electron chi connectivity index (χ3n) is 0.949. The molecule has 0 fully saturated rings. The second-order valence-corrected chi connectivity index (χ2v) is 2.01. The smallest absolute Gasteiger partial charge is 0.0780 e. The molecule has 0 aliphatic heterocycles. The molecule has 2 nitrogen and oxygen atoms in total. The van der Waals surface area contributed by atoms with Gasteiger partial charge in [0.05, 0.1) is 12.7 Å². The third-order valence-corrected chi connectivity index (χ3v) is 0.949. The zero-order valence-corrected chi connectivity index (χ0v) is 6.39. The van der Waals surface area contributed by atoms with E-state index in [4.69, 9.17) is 9.47 Å². The van der Waals surface area contributed by atoms with E-state index in [1.54, 1.807) is 7.11 Å². The summed E-state index contributed by atoms with van der Waals surface area (Å²) in [5, 5.41) is 0. The molecule has 0 aromatic carbocycles. The topological polar surface area (TPSA) is 18.5 Å². The Morgan fingerprint density at radius 2 is 2.22 bits per heavy atom. The third kappa shape index (κ3) is 5.80. The van der Waals surface area contributed by atoms with Crippen LogP contribution in [-0.2, 0) is 9.47 Å². The minimum atomic E-state index is 0.214. The molecule has 0 heterocycles. The summed E-state index contributed by atoms with van der Waals surface area (Å²) in [5.74, 6) is 0. The normalized spacial score (nSPS) is 13.7. The molecule has 55 valence electrons. The minimum Gasteiger partial charge on any atom is -0.382 e. The first-order valence-electron chi connectivity index (χ1n) is 3.19. The molecule has 0 bridgehead atoms. The van der Waals surface area contributed by atoms with Crippen LogP contribution in [0.5, 0.6) is 0 Å². The van der Waals surface area contributed by atoms with Crippen molar-refractivity contribution < 1.29 is 9.47 Å². The average molecular weight is 131 g/mol. The van der Waals surface area contributed by atoms with E-state index in [1.165, 1.54) is 0 Å². The first kappa shape index (κ1) is 8.92. The lowest BCUT2D eigenvalue weighted by molar-refractivity contribution is 0.0190. The molecule has 1 unspecified atom stereocenters. The van der Waals surface area contributed by atoms with E-state index in [9.17, 15) is 0 Å². The molecule has 0 N–H and O–H groups in total. The highest BCUT2D eigenvalue weighted by Gasteiger charge is 1.97. The second kappa shape index (κ2) is 6.05. The summed E-state index contributed by atoms with van der Waals surface area (Å²) in [6.45, 7) is 5.35. The molecule has 0 aromatic heterocycles. The van der Waals surface area contributed by atoms with Gasteiger partial charge in [0, 0.05) is 13.7 Å². The lowest BCUT2D eigenvalue weighted by Gasteiger charge is -2.09. The largest absolute Gasteiger partial charge is 0.382 e. The SMILES string of the molecule is C[CH]COC(C)COC. The van der Waals surface area contributed by atoms with Crippen molar-refractivity contribution >= 4 is 0 Å². The Balaban J connectivity index is 2.95. The van der Waals surface area contributed by atoms with E-state index in [0.717, 1.165) is 0 Å². The predicted molar refractivity (Wildman–Crippen MR) is 37.3 cm³/mol. The molecule has 2 heteroatoms. The summed E-state index contributed by atoms with van der Waals surface area (Å²) in [5.41, 5.74) is 0. The highest BCUT2D eigenvalue weighted by molar-refractivity contribution is 4.54. The lowest BCUT2D eigenvalue weighted by atomic mass is 10.4. The number of rotatable bonds is 5. The molecular formula is C7H15O2. The van der Waals surface area contributed by atoms with Gasteiger partial charge in [-0.15, -0.1) is 0 Å². The summed E-state index contributed by atoms with van der Waals surface area (Å²) >= 11 is 0. The molecule has 1 radical (unpaired) electrons. The van der Waals surface area contributed by atoms with Gasteiger partial charge in [-0.1, -0.05) is 6.92 Å². The summed E-state index contributed by atoms with van der Waals surface area (Å²) in [7, 11) is 1.68.